The van der Waals surface area contributed by atoms with Crippen molar-refractivity contribution in [3.63, 3.8) is 0 Å². The van der Waals surface area contributed by atoms with E-state index in [-0.39, 0.29) is 6.04 Å². The smallest absolute Gasteiger partial charge is 0.0642 e. The van der Waals surface area contributed by atoms with Gasteiger partial charge in [-0.1, -0.05) is 30.5 Å². The molecule has 2 nitrogen and oxygen atoms in total. The fourth-order valence-electron chi connectivity index (χ4n) is 2.67. The van der Waals surface area contributed by atoms with Gasteiger partial charge in [0.2, 0.25) is 0 Å². The number of benzene rings is 1. The molecular weight excluding hydrogens is 244 g/mol. The van der Waals surface area contributed by atoms with Gasteiger partial charge in [0, 0.05) is 18.6 Å². The van der Waals surface area contributed by atoms with Crippen LogP contribution in [0.25, 0.3) is 0 Å². The minimum absolute atomic E-state index is 0.0399. The lowest BCUT2D eigenvalue weighted by atomic mass is 10.1. The standard InChI is InChI=1S/C15H23ClN2/c1-11-6-4-3-5-9-18(11)15-8-7-13(12(2)17)10-14(15)16/h7-8,10-12H,3-6,9,17H2,1-2H3/t11?,12-/m1/s1. The molecule has 1 aromatic carbocycles. The lowest BCUT2D eigenvalue weighted by molar-refractivity contribution is 0.616. The molecule has 100 valence electrons. The zero-order chi connectivity index (χ0) is 13.1. The number of anilines is 1. The van der Waals surface area contributed by atoms with E-state index in [1.165, 1.54) is 25.7 Å². The predicted octanol–water partition coefficient (Wildman–Crippen LogP) is 4.13. The second-order valence-corrected chi connectivity index (χ2v) is 5.80. The highest BCUT2D eigenvalue weighted by Gasteiger charge is 2.19. The lowest BCUT2D eigenvalue weighted by Gasteiger charge is -2.30. The Balaban J connectivity index is 2.26. The molecule has 2 N–H and O–H groups in total. The topological polar surface area (TPSA) is 29.3 Å². The Morgan fingerprint density at radius 1 is 1.33 bits per heavy atom. The molecule has 1 heterocycles. The molecule has 1 unspecified atom stereocenters. The minimum Gasteiger partial charge on any atom is -0.368 e. The van der Waals surface area contributed by atoms with Crippen LogP contribution in [0.15, 0.2) is 18.2 Å². The van der Waals surface area contributed by atoms with Gasteiger partial charge in [-0.3, -0.25) is 0 Å². The summed E-state index contributed by atoms with van der Waals surface area (Å²) in [6, 6.07) is 6.86. The van der Waals surface area contributed by atoms with Crippen LogP contribution >= 0.6 is 11.6 Å². The summed E-state index contributed by atoms with van der Waals surface area (Å²) in [6.45, 7) is 5.39. The Kier molecular flexibility index (Phi) is 4.52. The van der Waals surface area contributed by atoms with Crippen molar-refractivity contribution in [2.45, 2.75) is 51.6 Å². The van der Waals surface area contributed by atoms with Gasteiger partial charge in [-0.25, -0.2) is 0 Å². The predicted molar refractivity (Wildman–Crippen MR) is 79.3 cm³/mol. The van der Waals surface area contributed by atoms with Crippen LogP contribution in [0.3, 0.4) is 0 Å². The summed E-state index contributed by atoms with van der Waals surface area (Å²) in [5, 5.41) is 0.832. The van der Waals surface area contributed by atoms with Crippen LogP contribution in [0.5, 0.6) is 0 Å². The normalized spacial score (nSPS) is 22.7. The van der Waals surface area contributed by atoms with E-state index in [1.54, 1.807) is 0 Å². The Morgan fingerprint density at radius 3 is 2.78 bits per heavy atom. The summed E-state index contributed by atoms with van der Waals surface area (Å²) in [7, 11) is 0. The third-order valence-corrected chi connectivity index (χ3v) is 4.16. The first-order valence-corrected chi connectivity index (χ1v) is 7.29. The van der Waals surface area contributed by atoms with E-state index in [1.807, 2.05) is 13.0 Å². The van der Waals surface area contributed by atoms with Gasteiger partial charge >= 0.3 is 0 Å². The van der Waals surface area contributed by atoms with Crippen molar-refractivity contribution in [2.24, 2.45) is 5.73 Å². The molecule has 1 aromatic rings. The van der Waals surface area contributed by atoms with Gasteiger partial charge in [0.1, 0.15) is 0 Å². The maximum absolute atomic E-state index is 6.43. The summed E-state index contributed by atoms with van der Waals surface area (Å²) in [5.41, 5.74) is 8.16. The molecule has 2 rings (SSSR count). The van der Waals surface area contributed by atoms with Crippen molar-refractivity contribution in [2.75, 3.05) is 11.4 Å². The van der Waals surface area contributed by atoms with E-state index < -0.39 is 0 Å². The minimum atomic E-state index is 0.0399. The van der Waals surface area contributed by atoms with Gasteiger partial charge in [0.05, 0.1) is 10.7 Å². The molecule has 1 aliphatic rings. The number of rotatable bonds is 2. The number of halogens is 1. The van der Waals surface area contributed by atoms with Crippen LogP contribution in [0, 0.1) is 0 Å². The van der Waals surface area contributed by atoms with E-state index >= 15 is 0 Å². The lowest BCUT2D eigenvalue weighted by Crippen LogP contribution is -2.32. The second-order valence-electron chi connectivity index (χ2n) is 5.39. The van der Waals surface area contributed by atoms with E-state index in [0.717, 1.165) is 22.8 Å². The first-order valence-electron chi connectivity index (χ1n) is 6.91. The second kappa shape index (κ2) is 5.94. The van der Waals surface area contributed by atoms with Crippen LogP contribution in [0.2, 0.25) is 5.02 Å². The van der Waals surface area contributed by atoms with Crippen LogP contribution in [0.1, 0.15) is 51.1 Å². The van der Waals surface area contributed by atoms with Crippen molar-refractivity contribution in [3.8, 4) is 0 Å². The maximum Gasteiger partial charge on any atom is 0.0642 e. The Hall–Kier alpha value is -0.730. The molecule has 3 heteroatoms. The van der Waals surface area contributed by atoms with E-state index in [0.29, 0.717) is 6.04 Å². The molecular formula is C15H23ClN2. The molecule has 0 saturated carbocycles. The number of nitrogens with two attached hydrogens (primary N) is 1. The average molecular weight is 267 g/mol. The first kappa shape index (κ1) is 13.7. The summed E-state index contributed by atoms with van der Waals surface area (Å²) < 4.78 is 0. The number of hydrogen-bond donors (Lipinski definition) is 1. The van der Waals surface area contributed by atoms with Crippen LogP contribution in [0.4, 0.5) is 5.69 Å². The number of nitrogens with zero attached hydrogens (tertiary/aromatic N) is 1. The van der Waals surface area contributed by atoms with Crippen molar-refractivity contribution < 1.29 is 0 Å². The third kappa shape index (κ3) is 2.99. The molecule has 18 heavy (non-hydrogen) atoms. The first-order chi connectivity index (χ1) is 8.59. The van der Waals surface area contributed by atoms with Gasteiger partial charge in [0.25, 0.3) is 0 Å². The van der Waals surface area contributed by atoms with E-state index in [4.69, 9.17) is 17.3 Å². The molecule has 0 spiro atoms. The molecule has 1 aliphatic heterocycles. The Bertz CT molecular complexity index is 403. The summed E-state index contributed by atoms with van der Waals surface area (Å²) in [4.78, 5) is 2.44. The van der Waals surface area contributed by atoms with Crippen molar-refractivity contribution in [1.29, 1.82) is 0 Å². The Morgan fingerprint density at radius 2 is 2.11 bits per heavy atom. The molecule has 0 aliphatic carbocycles. The quantitative estimate of drug-likeness (QED) is 0.872. The number of hydrogen-bond acceptors (Lipinski definition) is 2. The SMILES string of the molecule is CC1CCCCCN1c1ccc([C@@H](C)N)cc1Cl. The van der Waals surface area contributed by atoms with Crippen LogP contribution in [-0.4, -0.2) is 12.6 Å². The summed E-state index contributed by atoms with van der Waals surface area (Å²) in [6.07, 6.45) is 5.17. The van der Waals surface area contributed by atoms with Gasteiger partial charge in [-0.2, -0.15) is 0 Å². The Labute approximate surface area is 115 Å². The van der Waals surface area contributed by atoms with Crippen LogP contribution in [-0.2, 0) is 0 Å². The highest BCUT2D eigenvalue weighted by molar-refractivity contribution is 6.33. The molecule has 0 aromatic heterocycles. The highest BCUT2D eigenvalue weighted by atomic mass is 35.5. The molecule has 1 fully saturated rings. The zero-order valence-corrected chi connectivity index (χ0v) is 12.1. The van der Waals surface area contributed by atoms with E-state index in [2.05, 4.69) is 24.0 Å². The maximum atomic E-state index is 6.43. The summed E-state index contributed by atoms with van der Waals surface area (Å²) >= 11 is 6.43. The molecule has 0 amide bonds. The van der Waals surface area contributed by atoms with Gasteiger partial charge in [-0.15, -0.1) is 0 Å². The molecule has 0 bridgehead atoms. The molecule has 1 saturated heterocycles. The van der Waals surface area contributed by atoms with Gasteiger partial charge in [-0.05, 0) is 44.4 Å². The fourth-order valence-corrected chi connectivity index (χ4v) is 2.97. The largest absolute Gasteiger partial charge is 0.368 e. The van der Waals surface area contributed by atoms with Crippen molar-refractivity contribution >= 4 is 17.3 Å². The molecule has 0 radical (unpaired) electrons. The summed E-state index contributed by atoms with van der Waals surface area (Å²) in [5.74, 6) is 0. The highest BCUT2D eigenvalue weighted by Crippen LogP contribution is 2.32. The van der Waals surface area contributed by atoms with Crippen LogP contribution < -0.4 is 10.6 Å². The zero-order valence-electron chi connectivity index (χ0n) is 11.3. The van der Waals surface area contributed by atoms with Crippen molar-refractivity contribution in [3.05, 3.63) is 28.8 Å². The van der Waals surface area contributed by atoms with E-state index in [9.17, 15) is 0 Å². The third-order valence-electron chi connectivity index (χ3n) is 3.86. The monoisotopic (exact) mass is 266 g/mol. The average Bonchev–Trinajstić information content (AvgIpc) is 2.54. The van der Waals surface area contributed by atoms with Crippen molar-refractivity contribution in [1.82, 2.24) is 0 Å². The fraction of sp³-hybridized carbons (Fsp3) is 0.600. The van der Waals surface area contributed by atoms with Gasteiger partial charge in [0.15, 0.2) is 0 Å². The molecule has 2 atom stereocenters. The van der Waals surface area contributed by atoms with Gasteiger partial charge < -0.3 is 10.6 Å².